The lowest BCUT2D eigenvalue weighted by Crippen LogP contribution is -2.03. The largest absolute Gasteiger partial charge is 0.465 e. The van der Waals surface area contributed by atoms with Gasteiger partial charge in [0.2, 0.25) is 5.78 Å². The van der Waals surface area contributed by atoms with Crippen LogP contribution < -0.4 is 4.74 Å². The van der Waals surface area contributed by atoms with Crippen molar-refractivity contribution in [2.24, 2.45) is 0 Å². The summed E-state index contributed by atoms with van der Waals surface area (Å²) in [6.07, 6.45) is 1.34. The Hall–Kier alpha value is -2.95. The molecule has 22 heavy (non-hydrogen) atoms. The monoisotopic (exact) mass is 298 g/mol. The molecule has 3 rings (SSSR count). The summed E-state index contributed by atoms with van der Waals surface area (Å²) in [6, 6.07) is 10.5. The minimum atomic E-state index is -0.540. The van der Waals surface area contributed by atoms with Crippen LogP contribution in [-0.4, -0.2) is 18.9 Å². The fourth-order valence-electron chi connectivity index (χ4n) is 2.17. The number of ketones is 1. The molecule has 0 atom stereocenters. The maximum atomic E-state index is 13.6. The molecule has 1 heterocycles. The van der Waals surface area contributed by atoms with Gasteiger partial charge in [0.25, 0.3) is 0 Å². The number of benzene rings is 2. The molecule has 0 saturated carbocycles. The normalized spacial score (nSPS) is 14.6. The molecule has 0 radical (unpaired) electrons. The first-order valence-electron chi connectivity index (χ1n) is 6.51. The third-order valence-corrected chi connectivity index (χ3v) is 3.28. The molecule has 1 aliphatic heterocycles. The number of methoxy groups -OCH3 is 1. The number of rotatable bonds is 2. The van der Waals surface area contributed by atoms with Crippen molar-refractivity contribution in [3.8, 4) is 5.75 Å². The van der Waals surface area contributed by atoms with Gasteiger partial charge < -0.3 is 9.47 Å². The van der Waals surface area contributed by atoms with E-state index in [2.05, 4.69) is 4.74 Å². The number of carbonyl (C=O) groups is 2. The second kappa shape index (κ2) is 5.44. The highest BCUT2D eigenvalue weighted by Gasteiger charge is 2.28. The molecule has 1 aliphatic rings. The minimum Gasteiger partial charge on any atom is -0.465 e. The molecule has 2 aromatic rings. The van der Waals surface area contributed by atoms with E-state index < -0.39 is 17.6 Å². The number of allylic oxidation sites excluding steroid dienone is 1. The summed E-state index contributed by atoms with van der Waals surface area (Å²) < 4.78 is 23.7. The van der Waals surface area contributed by atoms with Crippen LogP contribution in [0.15, 0.2) is 48.2 Å². The summed E-state index contributed by atoms with van der Waals surface area (Å²) >= 11 is 0. The molecule has 2 aromatic carbocycles. The van der Waals surface area contributed by atoms with E-state index >= 15 is 0 Å². The van der Waals surface area contributed by atoms with E-state index in [1.807, 2.05) is 0 Å². The van der Waals surface area contributed by atoms with Crippen molar-refractivity contribution in [1.82, 2.24) is 0 Å². The lowest BCUT2D eigenvalue weighted by atomic mass is 10.1. The highest BCUT2D eigenvalue weighted by molar-refractivity contribution is 6.15. The molecular weight excluding hydrogens is 287 g/mol. The van der Waals surface area contributed by atoms with Crippen LogP contribution in [0.25, 0.3) is 6.08 Å². The van der Waals surface area contributed by atoms with Gasteiger partial charge in [0.1, 0.15) is 11.6 Å². The standard InChI is InChI=1S/C17H11FO4/c1-21-17(20)11-6-7-14-12(8-11)16(19)15(22-14)9-10-4-2-3-5-13(10)18/h2-9H,1H3/b15-9+. The maximum absolute atomic E-state index is 13.6. The molecule has 0 saturated heterocycles. The first-order valence-corrected chi connectivity index (χ1v) is 6.51. The van der Waals surface area contributed by atoms with Gasteiger partial charge >= 0.3 is 5.97 Å². The van der Waals surface area contributed by atoms with Gasteiger partial charge in [-0.3, -0.25) is 4.79 Å². The van der Waals surface area contributed by atoms with Crippen LogP contribution in [-0.2, 0) is 4.74 Å². The van der Waals surface area contributed by atoms with Crippen molar-refractivity contribution < 1.29 is 23.5 Å². The Morgan fingerprint density at radius 3 is 2.73 bits per heavy atom. The minimum absolute atomic E-state index is 0.0158. The lowest BCUT2D eigenvalue weighted by molar-refractivity contribution is 0.0600. The lowest BCUT2D eigenvalue weighted by Gasteiger charge is -2.00. The highest BCUT2D eigenvalue weighted by atomic mass is 19.1. The van der Waals surface area contributed by atoms with Crippen molar-refractivity contribution in [3.63, 3.8) is 0 Å². The second-order valence-electron chi connectivity index (χ2n) is 4.66. The fraction of sp³-hybridized carbons (Fsp3) is 0.0588. The van der Waals surface area contributed by atoms with Crippen molar-refractivity contribution in [3.05, 3.63) is 70.7 Å². The zero-order valence-corrected chi connectivity index (χ0v) is 11.6. The van der Waals surface area contributed by atoms with Gasteiger partial charge in [-0.05, 0) is 30.3 Å². The Kier molecular flexibility index (Phi) is 3.47. The van der Waals surface area contributed by atoms with Gasteiger partial charge in [-0.25, -0.2) is 9.18 Å². The Morgan fingerprint density at radius 2 is 2.00 bits per heavy atom. The number of esters is 1. The average molecular weight is 298 g/mol. The van der Waals surface area contributed by atoms with Gasteiger partial charge in [0.15, 0.2) is 5.76 Å². The number of fused-ring (bicyclic) bond motifs is 1. The van der Waals surface area contributed by atoms with Gasteiger partial charge in [-0.2, -0.15) is 0 Å². The van der Waals surface area contributed by atoms with Crippen molar-refractivity contribution in [1.29, 1.82) is 0 Å². The van der Waals surface area contributed by atoms with Crippen LogP contribution in [0.4, 0.5) is 4.39 Å². The van der Waals surface area contributed by atoms with Gasteiger partial charge in [0.05, 0.1) is 18.2 Å². The number of carbonyl (C=O) groups excluding carboxylic acids is 2. The summed E-state index contributed by atoms with van der Waals surface area (Å²) in [5.41, 5.74) is 0.766. The zero-order valence-electron chi connectivity index (χ0n) is 11.6. The van der Waals surface area contributed by atoms with Gasteiger partial charge in [-0.1, -0.05) is 18.2 Å². The number of hydrogen-bond acceptors (Lipinski definition) is 4. The second-order valence-corrected chi connectivity index (χ2v) is 4.66. The quantitative estimate of drug-likeness (QED) is 0.631. The average Bonchev–Trinajstić information content (AvgIpc) is 2.84. The summed E-state index contributed by atoms with van der Waals surface area (Å²) in [7, 11) is 1.26. The number of ether oxygens (including phenoxy) is 2. The van der Waals surface area contributed by atoms with Crippen LogP contribution in [0.2, 0.25) is 0 Å². The highest BCUT2D eigenvalue weighted by Crippen LogP contribution is 2.32. The molecule has 110 valence electrons. The molecule has 0 aromatic heterocycles. The summed E-state index contributed by atoms with van der Waals surface area (Å²) in [6.45, 7) is 0. The van der Waals surface area contributed by atoms with Gasteiger partial charge in [-0.15, -0.1) is 0 Å². The maximum Gasteiger partial charge on any atom is 0.337 e. The molecule has 0 unspecified atom stereocenters. The van der Waals surface area contributed by atoms with Crippen LogP contribution in [0, 0.1) is 5.82 Å². The van der Waals surface area contributed by atoms with Crippen LogP contribution in [0.5, 0.6) is 5.75 Å². The predicted molar refractivity (Wildman–Crippen MR) is 77.1 cm³/mol. The Morgan fingerprint density at radius 1 is 1.23 bits per heavy atom. The molecule has 0 bridgehead atoms. The summed E-state index contributed by atoms with van der Waals surface area (Å²) in [5, 5.41) is 0. The van der Waals surface area contributed by atoms with E-state index in [1.165, 1.54) is 37.5 Å². The van der Waals surface area contributed by atoms with E-state index in [0.29, 0.717) is 5.75 Å². The van der Waals surface area contributed by atoms with Crippen LogP contribution in [0.1, 0.15) is 26.3 Å². The fourth-order valence-corrected chi connectivity index (χ4v) is 2.17. The molecule has 0 spiro atoms. The van der Waals surface area contributed by atoms with E-state index in [-0.39, 0.29) is 22.4 Å². The Labute approximate surface area is 125 Å². The molecule has 0 N–H and O–H groups in total. The van der Waals surface area contributed by atoms with E-state index in [9.17, 15) is 14.0 Å². The molecule has 0 aliphatic carbocycles. The third-order valence-electron chi connectivity index (χ3n) is 3.28. The topological polar surface area (TPSA) is 52.6 Å². The third kappa shape index (κ3) is 2.37. The number of halogens is 1. The van der Waals surface area contributed by atoms with Crippen LogP contribution in [0.3, 0.4) is 0 Å². The van der Waals surface area contributed by atoms with E-state index in [1.54, 1.807) is 18.2 Å². The first-order chi connectivity index (χ1) is 10.6. The molecule has 0 amide bonds. The predicted octanol–water partition coefficient (Wildman–Crippen LogP) is 3.23. The van der Waals surface area contributed by atoms with Crippen LogP contribution >= 0.6 is 0 Å². The smallest absolute Gasteiger partial charge is 0.337 e. The van der Waals surface area contributed by atoms with Gasteiger partial charge in [0, 0.05) is 5.56 Å². The zero-order chi connectivity index (χ0) is 15.7. The SMILES string of the molecule is COC(=O)c1ccc2c(c1)C(=O)/C(=C\c1ccccc1F)O2. The molecular formula is C17H11FO4. The molecule has 5 heteroatoms. The summed E-state index contributed by atoms with van der Waals surface area (Å²) in [4.78, 5) is 23.8. The van der Waals surface area contributed by atoms with E-state index in [4.69, 9.17) is 4.74 Å². The summed E-state index contributed by atoms with van der Waals surface area (Å²) in [5.74, 6) is -1.04. The molecule has 0 fully saturated rings. The van der Waals surface area contributed by atoms with Crippen molar-refractivity contribution in [2.75, 3.05) is 7.11 Å². The van der Waals surface area contributed by atoms with E-state index in [0.717, 1.165) is 0 Å². The molecule has 4 nitrogen and oxygen atoms in total. The Balaban J connectivity index is 1.98. The number of Topliss-reactive ketones (excluding diaryl/α,β-unsaturated/α-hetero) is 1. The van der Waals surface area contributed by atoms with Crippen molar-refractivity contribution in [2.45, 2.75) is 0 Å². The Bertz CT molecular complexity index is 808. The van der Waals surface area contributed by atoms with Crippen molar-refractivity contribution >= 4 is 17.8 Å². The first kappa shape index (κ1) is 14.0. The number of hydrogen-bond donors (Lipinski definition) is 0.